The molecule has 1 unspecified atom stereocenters. The first-order valence-corrected chi connectivity index (χ1v) is 10.5. The molecule has 0 aromatic heterocycles. The Kier molecular flexibility index (Phi) is 7.38. The van der Waals surface area contributed by atoms with Crippen molar-refractivity contribution in [1.29, 1.82) is 0 Å². The van der Waals surface area contributed by atoms with Crippen molar-refractivity contribution in [3.8, 4) is 5.75 Å². The summed E-state index contributed by atoms with van der Waals surface area (Å²) < 4.78 is 32.5. The molecule has 2 rings (SSSR count). The Hall–Kier alpha value is -2.38. The van der Waals surface area contributed by atoms with E-state index in [1.165, 1.54) is 17.7 Å². The second-order valence-electron chi connectivity index (χ2n) is 6.29. The second-order valence-corrected chi connectivity index (χ2v) is 8.00. The van der Waals surface area contributed by atoms with E-state index in [9.17, 15) is 13.2 Å². The van der Waals surface area contributed by atoms with E-state index in [-0.39, 0.29) is 23.5 Å². The van der Waals surface area contributed by atoms with E-state index in [2.05, 4.69) is 17.0 Å². The number of hydrogen-bond donors (Lipinski definition) is 2. The molecule has 0 saturated heterocycles. The number of nitrogens with one attached hydrogen (secondary N) is 2. The van der Waals surface area contributed by atoms with Crippen LogP contribution in [0.5, 0.6) is 5.75 Å². The fourth-order valence-electron chi connectivity index (χ4n) is 2.30. The van der Waals surface area contributed by atoms with E-state index in [1.54, 1.807) is 12.1 Å². The minimum absolute atomic E-state index is 0.124. The average molecular weight is 391 g/mol. The molecule has 0 fully saturated rings. The smallest absolute Gasteiger partial charge is 0.262 e. The minimum Gasteiger partial charge on any atom is -0.484 e. The maximum Gasteiger partial charge on any atom is 0.262 e. The van der Waals surface area contributed by atoms with E-state index in [4.69, 9.17) is 4.74 Å². The summed E-state index contributed by atoms with van der Waals surface area (Å²) in [5.41, 5.74) is 1.71. The third-order valence-corrected chi connectivity index (χ3v) is 5.72. The molecule has 0 heterocycles. The molecular formula is C20H26N2O4S. The van der Waals surface area contributed by atoms with Crippen LogP contribution in [0.3, 0.4) is 0 Å². The van der Waals surface area contributed by atoms with Gasteiger partial charge in [0.25, 0.3) is 5.91 Å². The highest BCUT2D eigenvalue weighted by Gasteiger charge is 2.16. The van der Waals surface area contributed by atoms with Gasteiger partial charge in [-0.2, -0.15) is 0 Å². The largest absolute Gasteiger partial charge is 0.484 e. The number of carbonyl (C=O) groups excluding carboxylic acids is 1. The van der Waals surface area contributed by atoms with Crippen molar-refractivity contribution in [2.75, 3.05) is 11.9 Å². The van der Waals surface area contributed by atoms with Crippen molar-refractivity contribution in [2.45, 2.75) is 44.6 Å². The molecule has 1 amide bonds. The Bertz CT molecular complexity index is 847. The third kappa shape index (κ3) is 6.37. The van der Waals surface area contributed by atoms with Crippen molar-refractivity contribution in [3.63, 3.8) is 0 Å². The zero-order valence-corrected chi connectivity index (χ0v) is 16.7. The molecule has 1 atom stereocenters. The zero-order valence-electron chi connectivity index (χ0n) is 15.9. The highest BCUT2D eigenvalue weighted by molar-refractivity contribution is 7.89. The molecular weight excluding hydrogens is 364 g/mol. The second kappa shape index (κ2) is 9.53. The van der Waals surface area contributed by atoms with Crippen LogP contribution >= 0.6 is 0 Å². The highest BCUT2D eigenvalue weighted by Crippen LogP contribution is 2.16. The Morgan fingerprint density at radius 1 is 1.04 bits per heavy atom. The van der Waals surface area contributed by atoms with Crippen molar-refractivity contribution < 1.29 is 17.9 Å². The molecule has 2 N–H and O–H groups in total. The summed E-state index contributed by atoms with van der Waals surface area (Å²) in [4.78, 5) is 12.2. The maximum atomic E-state index is 12.2. The summed E-state index contributed by atoms with van der Waals surface area (Å²) in [7, 11) is -3.56. The summed E-state index contributed by atoms with van der Waals surface area (Å²) in [6.07, 6.45) is 1.65. The quantitative estimate of drug-likeness (QED) is 0.688. The number of anilines is 1. The normalized spacial score (nSPS) is 12.4. The summed E-state index contributed by atoms with van der Waals surface area (Å²) in [5, 5.41) is 2.69. The summed E-state index contributed by atoms with van der Waals surface area (Å²) >= 11 is 0. The number of aryl methyl sites for hydroxylation is 1. The highest BCUT2D eigenvalue weighted by atomic mass is 32.2. The molecule has 7 heteroatoms. The minimum atomic E-state index is -3.56. The molecule has 0 spiro atoms. The van der Waals surface area contributed by atoms with Gasteiger partial charge in [-0.3, -0.25) is 4.79 Å². The number of benzene rings is 2. The van der Waals surface area contributed by atoms with Gasteiger partial charge in [0.1, 0.15) is 5.75 Å². The molecule has 6 nitrogen and oxygen atoms in total. The van der Waals surface area contributed by atoms with Crippen LogP contribution in [0.4, 0.5) is 5.69 Å². The number of rotatable bonds is 9. The van der Waals surface area contributed by atoms with Crippen molar-refractivity contribution in [1.82, 2.24) is 4.72 Å². The number of ether oxygens (including phenoxy) is 1. The van der Waals surface area contributed by atoms with Gasteiger partial charge in [0.05, 0.1) is 4.90 Å². The lowest BCUT2D eigenvalue weighted by atomic mass is 10.2. The van der Waals surface area contributed by atoms with E-state index >= 15 is 0 Å². The first kappa shape index (κ1) is 20.9. The average Bonchev–Trinajstić information content (AvgIpc) is 2.66. The van der Waals surface area contributed by atoms with Crippen LogP contribution in [0.1, 0.15) is 32.8 Å². The lowest BCUT2D eigenvalue weighted by Crippen LogP contribution is -2.31. The molecule has 0 radical (unpaired) electrons. The van der Waals surface area contributed by atoms with Gasteiger partial charge in [-0.25, -0.2) is 13.1 Å². The van der Waals surface area contributed by atoms with Crippen LogP contribution in [-0.2, 0) is 21.2 Å². The van der Waals surface area contributed by atoms with Gasteiger partial charge in [-0.05, 0) is 61.7 Å². The molecule has 2 aromatic rings. The van der Waals surface area contributed by atoms with Crippen molar-refractivity contribution in [3.05, 3.63) is 54.1 Å². The third-order valence-electron chi connectivity index (χ3n) is 4.12. The van der Waals surface area contributed by atoms with Gasteiger partial charge in [0.2, 0.25) is 10.0 Å². The lowest BCUT2D eigenvalue weighted by Gasteiger charge is -2.12. The first-order valence-electron chi connectivity index (χ1n) is 8.98. The summed E-state index contributed by atoms with van der Waals surface area (Å²) in [6.45, 7) is 5.66. The molecule has 27 heavy (non-hydrogen) atoms. The molecule has 0 saturated carbocycles. The summed E-state index contributed by atoms with van der Waals surface area (Å²) in [6, 6.07) is 13.5. The molecule has 146 valence electrons. The van der Waals surface area contributed by atoms with E-state index < -0.39 is 10.0 Å². The predicted octanol–water partition coefficient (Wildman–Crippen LogP) is 3.34. The van der Waals surface area contributed by atoms with Crippen LogP contribution in [-0.4, -0.2) is 27.0 Å². The number of carbonyl (C=O) groups is 1. The molecule has 0 aliphatic rings. The fraction of sp³-hybridized carbons (Fsp3) is 0.350. The summed E-state index contributed by atoms with van der Waals surface area (Å²) in [5.74, 6) is 0.308. The Labute approximate surface area is 161 Å². The van der Waals surface area contributed by atoms with Crippen LogP contribution in [0, 0.1) is 0 Å². The Balaban J connectivity index is 1.90. The SMILES string of the molecule is CCc1ccc(OCC(=O)Nc2ccc(S(=O)(=O)NC(C)CC)cc2)cc1. The number of sulfonamides is 1. The fourth-order valence-corrected chi connectivity index (χ4v) is 3.63. The van der Waals surface area contributed by atoms with Gasteiger partial charge in [0.15, 0.2) is 6.61 Å². The van der Waals surface area contributed by atoms with Gasteiger partial charge in [-0.15, -0.1) is 0 Å². The van der Waals surface area contributed by atoms with Crippen LogP contribution in [0.25, 0.3) is 0 Å². The topological polar surface area (TPSA) is 84.5 Å². The van der Waals surface area contributed by atoms with Crippen LogP contribution < -0.4 is 14.8 Å². The van der Waals surface area contributed by atoms with Crippen molar-refractivity contribution in [2.24, 2.45) is 0 Å². The van der Waals surface area contributed by atoms with E-state index in [1.807, 2.05) is 38.1 Å². The van der Waals surface area contributed by atoms with E-state index in [0.717, 1.165) is 6.42 Å². The van der Waals surface area contributed by atoms with Gasteiger partial charge < -0.3 is 10.1 Å². The van der Waals surface area contributed by atoms with Gasteiger partial charge >= 0.3 is 0 Å². The predicted molar refractivity (Wildman–Crippen MR) is 106 cm³/mol. The number of hydrogen-bond acceptors (Lipinski definition) is 4. The monoisotopic (exact) mass is 390 g/mol. The zero-order chi connectivity index (χ0) is 19.9. The van der Waals surface area contributed by atoms with E-state index in [0.29, 0.717) is 17.9 Å². The Morgan fingerprint density at radius 3 is 2.22 bits per heavy atom. The molecule has 0 bridgehead atoms. The molecule has 2 aromatic carbocycles. The maximum absolute atomic E-state index is 12.2. The molecule has 0 aliphatic heterocycles. The van der Waals surface area contributed by atoms with Crippen LogP contribution in [0.2, 0.25) is 0 Å². The standard InChI is InChI=1S/C20H26N2O4S/c1-4-15(3)22-27(24,25)19-12-8-17(9-13-19)21-20(23)14-26-18-10-6-16(5-2)7-11-18/h6-13,15,22H,4-5,14H2,1-3H3,(H,21,23). The lowest BCUT2D eigenvalue weighted by molar-refractivity contribution is -0.118. The van der Waals surface area contributed by atoms with Gasteiger partial charge in [-0.1, -0.05) is 26.0 Å². The van der Waals surface area contributed by atoms with Gasteiger partial charge in [0, 0.05) is 11.7 Å². The van der Waals surface area contributed by atoms with Crippen molar-refractivity contribution >= 4 is 21.6 Å². The molecule has 0 aliphatic carbocycles. The van der Waals surface area contributed by atoms with Crippen LogP contribution in [0.15, 0.2) is 53.4 Å². The Morgan fingerprint density at radius 2 is 1.67 bits per heavy atom. The first-order chi connectivity index (χ1) is 12.8. The number of amides is 1.